The van der Waals surface area contributed by atoms with Crippen molar-refractivity contribution in [3.63, 3.8) is 0 Å². The molecule has 0 aliphatic rings. The fourth-order valence-electron chi connectivity index (χ4n) is 8.14. The average Bonchev–Trinajstić information content (AvgIpc) is 3.59. The Morgan fingerprint density at radius 3 is 1.46 bits per heavy atom. The SMILES string of the molecule is c1ccc(-c2nc(-c3ccccc3)nc(-c3ccc(-n4c5ccccc5c5cc6ccccc6c6c7ccccc7n(c7ccccc74)c56)cc3)n2)cc1. The first-order chi connectivity index (χ1) is 26.8. The smallest absolute Gasteiger partial charge is 0.164 e. The van der Waals surface area contributed by atoms with Crippen LogP contribution in [-0.2, 0) is 0 Å². The van der Waals surface area contributed by atoms with Gasteiger partial charge in [-0.15, -0.1) is 0 Å². The second kappa shape index (κ2) is 12.1. The van der Waals surface area contributed by atoms with Crippen molar-refractivity contribution in [1.82, 2.24) is 23.9 Å². The van der Waals surface area contributed by atoms with Gasteiger partial charge < -0.3 is 8.97 Å². The highest BCUT2D eigenvalue weighted by molar-refractivity contribution is 6.29. The van der Waals surface area contributed by atoms with Crippen molar-refractivity contribution in [3.05, 3.63) is 188 Å². The van der Waals surface area contributed by atoms with Crippen LogP contribution in [0.25, 0.3) is 99.8 Å². The molecule has 0 aliphatic heterocycles. The molecule has 0 radical (unpaired) electrons. The number of para-hydroxylation sites is 4. The van der Waals surface area contributed by atoms with Gasteiger partial charge in [0, 0.05) is 43.9 Å². The van der Waals surface area contributed by atoms with Crippen molar-refractivity contribution in [3.8, 4) is 39.9 Å². The minimum absolute atomic E-state index is 0.629. The number of rotatable bonds is 4. The van der Waals surface area contributed by atoms with Crippen LogP contribution >= 0.6 is 0 Å². The molecule has 5 nitrogen and oxygen atoms in total. The second-order valence-electron chi connectivity index (χ2n) is 13.6. The Kier molecular flexibility index (Phi) is 6.79. The minimum Gasteiger partial charge on any atom is -0.308 e. The third-order valence-electron chi connectivity index (χ3n) is 10.5. The summed E-state index contributed by atoms with van der Waals surface area (Å²) in [4.78, 5) is 14.9. The lowest BCUT2D eigenvalue weighted by Crippen LogP contribution is -2.02. The van der Waals surface area contributed by atoms with Crippen molar-refractivity contribution in [1.29, 1.82) is 0 Å². The number of hydrogen-bond acceptors (Lipinski definition) is 3. The zero-order chi connectivity index (χ0) is 35.6. The number of aromatic nitrogens is 5. The van der Waals surface area contributed by atoms with Gasteiger partial charge in [-0.3, -0.25) is 0 Å². The Labute approximate surface area is 310 Å². The van der Waals surface area contributed by atoms with Crippen LogP contribution in [0.2, 0.25) is 0 Å². The van der Waals surface area contributed by atoms with Gasteiger partial charge in [-0.1, -0.05) is 133 Å². The maximum atomic E-state index is 5.00. The summed E-state index contributed by atoms with van der Waals surface area (Å²) in [7, 11) is 0. The van der Waals surface area contributed by atoms with E-state index in [2.05, 4.69) is 136 Å². The first kappa shape index (κ1) is 30.3. The summed E-state index contributed by atoms with van der Waals surface area (Å²) < 4.78 is 4.87. The van der Waals surface area contributed by atoms with Crippen LogP contribution in [0.4, 0.5) is 0 Å². The van der Waals surface area contributed by atoms with E-state index in [4.69, 9.17) is 15.0 Å². The summed E-state index contributed by atoms with van der Waals surface area (Å²) in [5.41, 5.74) is 9.59. The summed E-state index contributed by atoms with van der Waals surface area (Å²) in [6, 6.07) is 66.3. The molecular weight excluding hydrogens is 659 g/mol. The van der Waals surface area contributed by atoms with E-state index in [-0.39, 0.29) is 0 Å². The van der Waals surface area contributed by atoms with E-state index in [0.717, 1.165) is 38.9 Å². The molecule has 0 amide bonds. The van der Waals surface area contributed by atoms with Gasteiger partial charge in [-0.05, 0) is 65.4 Å². The Bertz CT molecular complexity index is 3190. The molecule has 0 fully saturated rings. The molecule has 3 heterocycles. The Morgan fingerprint density at radius 2 is 0.815 bits per heavy atom. The van der Waals surface area contributed by atoms with Crippen molar-refractivity contribution < 1.29 is 0 Å². The summed E-state index contributed by atoms with van der Waals surface area (Å²) in [6.45, 7) is 0. The monoisotopic (exact) mass is 689 g/mol. The van der Waals surface area contributed by atoms with Crippen LogP contribution in [0, 0.1) is 0 Å². The molecule has 0 aliphatic carbocycles. The quantitative estimate of drug-likeness (QED) is 0.185. The average molecular weight is 690 g/mol. The van der Waals surface area contributed by atoms with E-state index in [1.807, 2.05) is 60.7 Å². The lowest BCUT2D eigenvalue weighted by molar-refractivity contribution is 1.07. The summed E-state index contributed by atoms with van der Waals surface area (Å²) in [5, 5.41) is 7.40. The number of hydrogen-bond donors (Lipinski definition) is 0. The van der Waals surface area contributed by atoms with Crippen molar-refractivity contribution >= 4 is 59.9 Å². The van der Waals surface area contributed by atoms with Crippen LogP contribution in [0.5, 0.6) is 0 Å². The molecular formula is C49H31N5. The largest absolute Gasteiger partial charge is 0.308 e. The van der Waals surface area contributed by atoms with Gasteiger partial charge in [-0.25, -0.2) is 15.0 Å². The zero-order valence-electron chi connectivity index (χ0n) is 29.1. The standard InChI is InChI=1S/C49H31N5/c1-3-15-32(16-4-1)47-50-48(33-17-5-2-6-18-33)52-49(51-47)34-27-29-36(30-28-34)53-41-23-11-9-21-38(41)40-31-35-19-7-8-20-37(35)45-39-22-10-12-24-42(39)54(46(40)45)44-26-14-13-25-43(44)53/h1-31H. The first-order valence-electron chi connectivity index (χ1n) is 18.2. The third kappa shape index (κ3) is 4.69. The summed E-state index contributed by atoms with van der Waals surface area (Å²) in [5.74, 6) is 1.92. The lowest BCUT2D eigenvalue weighted by atomic mass is 9.99. The molecule has 0 spiro atoms. The molecule has 5 heteroatoms. The van der Waals surface area contributed by atoms with Gasteiger partial charge in [0.1, 0.15) is 0 Å². The fourth-order valence-corrected chi connectivity index (χ4v) is 8.14. The number of fused-ring (bicyclic) bond motifs is 9. The van der Waals surface area contributed by atoms with Gasteiger partial charge in [0.25, 0.3) is 0 Å². The van der Waals surface area contributed by atoms with Crippen LogP contribution in [0.15, 0.2) is 188 Å². The van der Waals surface area contributed by atoms with Crippen molar-refractivity contribution in [2.24, 2.45) is 0 Å². The van der Waals surface area contributed by atoms with Gasteiger partial charge in [0.15, 0.2) is 17.5 Å². The Morgan fingerprint density at radius 1 is 0.333 bits per heavy atom. The van der Waals surface area contributed by atoms with E-state index in [1.54, 1.807) is 0 Å². The van der Waals surface area contributed by atoms with Gasteiger partial charge in [-0.2, -0.15) is 0 Å². The minimum atomic E-state index is 0.629. The van der Waals surface area contributed by atoms with E-state index in [1.165, 1.54) is 43.4 Å². The summed E-state index contributed by atoms with van der Waals surface area (Å²) in [6.07, 6.45) is 0. The molecule has 11 rings (SSSR count). The maximum absolute atomic E-state index is 5.00. The Balaban J connectivity index is 1.21. The Hall–Kier alpha value is -7.37. The molecule has 0 bridgehead atoms. The van der Waals surface area contributed by atoms with Crippen LogP contribution < -0.4 is 0 Å². The van der Waals surface area contributed by atoms with Gasteiger partial charge >= 0.3 is 0 Å². The van der Waals surface area contributed by atoms with Crippen LogP contribution in [-0.4, -0.2) is 23.9 Å². The topological polar surface area (TPSA) is 48.0 Å². The predicted molar refractivity (Wildman–Crippen MR) is 223 cm³/mol. The highest BCUT2D eigenvalue weighted by atomic mass is 15.0. The maximum Gasteiger partial charge on any atom is 0.164 e. The molecule has 0 N–H and O–H groups in total. The molecule has 11 aromatic rings. The molecule has 0 saturated heterocycles. The first-order valence-corrected chi connectivity index (χ1v) is 18.2. The highest BCUT2D eigenvalue weighted by Crippen LogP contribution is 2.41. The summed E-state index contributed by atoms with van der Waals surface area (Å²) >= 11 is 0. The zero-order valence-corrected chi connectivity index (χ0v) is 29.1. The number of benzene rings is 8. The molecule has 0 unspecified atom stereocenters. The van der Waals surface area contributed by atoms with E-state index in [9.17, 15) is 0 Å². The predicted octanol–water partition coefficient (Wildman–Crippen LogP) is 12.2. The number of nitrogens with zero attached hydrogens (tertiary/aromatic N) is 5. The normalized spacial score (nSPS) is 11.7. The van der Waals surface area contributed by atoms with E-state index >= 15 is 0 Å². The molecule has 252 valence electrons. The van der Waals surface area contributed by atoms with E-state index < -0.39 is 0 Å². The third-order valence-corrected chi connectivity index (χ3v) is 10.5. The van der Waals surface area contributed by atoms with Crippen LogP contribution in [0.3, 0.4) is 0 Å². The molecule has 3 aromatic heterocycles. The fraction of sp³-hybridized carbons (Fsp3) is 0. The van der Waals surface area contributed by atoms with Gasteiger partial charge in [0.05, 0.1) is 27.6 Å². The highest BCUT2D eigenvalue weighted by Gasteiger charge is 2.19. The van der Waals surface area contributed by atoms with E-state index in [0.29, 0.717) is 17.5 Å². The van der Waals surface area contributed by atoms with Crippen molar-refractivity contribution in [2.75, 3.05) is 0 Å². The molecule has 0 atom stereocenters. The molecule has 54 heavy (non-hydrogen) atoms. The van der Waals surface area contributed by atoms with Crippen molar-refractivity contribution in [2.45, 2.75) is 0 Å². The van der Waals surface area contributed by atoms with Gasteiger partial charge in [0.2, 0.25) is 0 Å². The molecule has 0 saturated carbocycles. The van der Waals surface area contributed by atoms with Crippen LogP contribution in [0.1, 0.15) is 0 Å². The second-order valence-corrected chi connectivity index (χ2v) is 13.6. The molecule has 8 aromatic carbocycles. The lowest BCUT2D eigenvalue weighted by Gasteiger charge is -2.17.